The first-order valence-electron chi connectivity index (χ1n) is 7.69. The summed E-state index contributed by atoms with van der Waals surface area (Å²) in [5.74, 6) is -1.72. The van der Waals surface area contributed by atoms with Crippen molar-refractivity contribution >= 4 is 23.5 Å². The monoisotopic (exact) mass is 365 g/mol. The van der Waals surface area contributed by atoms with Crippen molar-refractivity contribution in [1.82, 2.24) is 20.6 Å². The molecule has 0 unspecified atom stereocenters. The van der Waals surface area contributed by atoms with Gasteiger partial charge in [-0.15, -0.1) is 5.10 Å². The number of aromatic nitrogens is 4. The highest BCUT2D eigenvalue weighted by molar-refractivity contribution is 6.35. The number of hydrogen-bond donors (Lipinski definition) is 2. The number of methoxy groups -OCH3 is 1. The smallest absolute Gasteiger partial charge is 0.335 e. The zero-order valence-corrected chi connectivity index (χ0v) is 13.8. The first-order chi connectivity index (χ1) is 13.0. The van der Waals surface area contributed by atoms with Crippen molar-refractivity contribution in [3.05, 3.63) is 53.1 Å². The van der Waals surface area contributed by atoms with Crippen molar-refractivity contribution in [2.45, 2.75) is 0 Å². The van der Waals surface area contributed by atoms with E-state index in [1.54, 1.807) is 12.1 Å². The minimum Gasteiger partial charge on any atom is -0.497 e. The van der Waals surface area contributed by atoms with Crippen LogP contribution in [0.15, 0.2) is 36.4 Å². The number of amides is 2. The van der Waals surface area contributed by atoms with Gasteiger partial charge >= 0.3 is 5.97 Å². The number of carbonyl (C=O) groups is 3. The number of carboxylic acid groups (broad SMARTS) is 1. The molecule has 0 bridgehead atoms. The van der Waals surface area contributed by atoms with Gasteiger partial charge in [-0.1, -0.05) is 0 Å². The van der Waals surface area contributed by atoms with Crippen molar-refractivity contribution in [2.24, 2.45) is 0 Å². The van der Waals surface area contributed by atoms with E-state index >= 15 is 0 Å². The predicted octanol–water partition coefficient (Wildman–Crippen LogP) is 1.37. The molecule has 0 atom stereocenters. The van der Waals surface area contributed by atoms with E-state index in [1.165, 1.54) is 31.4 Å². The fourth-order valence-electron chi connectivity index (χ4n) is 2.89. The van der Waals surface area contributed by atoms with Crippen LogP contribution in [0.1, 0.15) is 31.1 Å². The largest absolute Gasteiger partial charge is 0.497 e. The second kappa shape index (κ2) is 6.02. The Morgan fingerprint density at radius 2 is 1.81 bits per heavy atom. The van der Waals surface area contributed by atoms with Gasteiger partial charge in [0.1, 0.15) is 5.75 Å². The van der Waals surface area contributed by atoms with Crippen molar-refractivity contribution in [3.63, 3.8) is 0 Å². The molecule has 2 N–H and O–H groups in total. The maximum Gasteiger partial charge on any atom is 0.335 e. The lowest BCUT2D eigenvalue weighted by molar-refractivity contribution is 0.0696. The molecule has 1 aliphatic heterocycles. The molecule has 0 aliphatic carbocycles. The van der Waals surface area contributed by atoms with Crippen LogP contribution in [0.5, 0.6) is 5.75 Å². The van der Waals surface area contributed by atoms with Gasteiger partial charge in [0.15, 0.2) is 5.82 Å². The number of anilines is 1. The second-order valence-electron chi connectivity index (χ2n) is 5.64. The molecule has 2 aromatic carbocycles. The summed E-state index contributed by atoms with van der Waals surface area (Å²) >= 11 is 0. The molecule has 10 nitrogen and oxygen atoms in total. The van der Waals surface area contributed by atoms with Crippen LogP contribution in [-0.2, 0) is 0 Å². The fourth-order valence-corrected chi connectivity index (χ4v) is 2.89. The Hall–Kier alpha value is -4.08. The summed E-state index contributed by atoms with van der Waals surface area (Å²) in [5, 5.41) is 22.6. The van der Waals surface area contributed by atoms with Crippen molar-refractivity contribution in [3.8, 4) is 17.1 Å². The van der Waals surface area contributed by atoms with Gasteiger partial charge in [-0.05, 0) is 40.8 Å². The number of fused-ring (bicyclic) bond motifs is 1. The molecule has 27 heavy (non-hydrogen) atoms. The lowest BCUT2D eigenvalue weighted by Crippen LogP contribution is -2.30. The third kappa shape index (κ3) is 2.51. The summed E-state index contributed by atoms with van der Waals surface area (Å²) in [5.41, 5.74) is 0.686. The molecule has 10 heteroatoms. The number of benzene rings is 2. The summed E-state index contributed by atoms with van der Waals surface area (Å²) in [6, 6.07) is 8.56. The molecule has 0 saturated heterocycles. The lowest BCUT2D eigenvalue weighted by Gasteiger charge is -2.18. The Morgan fingerprint density at radius 1 is 1.07 bits per heavy atom. The number of ether oxygens (including phenoxy) is 1. The van der Waals surface area contributed by atoms with Crippen LogP contribution in [0.25, 0.3) is 11.4 Å². The Labute approximate surface area is 151 Å². The molecule has 1 aliphatic rings. The number of imide groups is 1. The van der Waals surface area contributed by atoms with Gasteiger partial charge < -0.3 is 9.84 Å². The lowest BCUT2D eigenvalue weighted by atomic mass is 10.1. The SMILES string of the molecule is COc1ccc(-c2nnn[nH]2)c(N2C(=O)c3ccc(C(=O)O)cc3C2=O)c1. The molecule has 4 rings (SSSR count). The molecule has 0 radical (unpaired) electrons. The van der Waals surface area contributed by atoms with Gasteiger partial charge in [0, 0.05) is 11.6 Å². The second-order valence-corrected chi connectivity index (χ2v) is 5.64. The van der Waals surface area contributed by atoms with Crippen LogP contribution in [0.3, 0.4) is 0 Å². The summed E-state index contributed by atoms with van der Waals surface area (Å²) < 4.78 is 5.20. The van der Waals surface area contributed by atoms with Crippen LogP contribution in [0, 0.1) is 0 Å². The quantitative estimate of drug-likeness (QED) is 0.661. The number of nitrogens with one attached hydrogen (secondary N) is 1. The van der Waals surface area contributed by atoms with Gasteiger partial charge in [0.05, 0.1) is 29.5 Å². The first kappa shape index (κ1) is 16.4. The molecular formula is C17H11N5O5. The van der Waals surface area contributed by atoms with E-state index in [4.69, 9.17) is 9.84 Å². The Balaban J connectivity index is 1.88. The zero-order valence-electron chi connectivity index (χ0n) is 13.8. The van der Waals surface area contributed by atoms with Crippen molar-refractivity contribution in [1.29, 1.82) is 0 Å². The summed E-state index contributed by atoms with van der Waals surface area (Å²) in [6.45, 7) is 0. The highest BCUT2D eigenvalue weighted by atomic mass is 16.5. The van der Waals surface area contributed by atoms with E-state index in [0.29, 0.717) is 11.3 Å². The number of H-pyrrole nitrogens is 1. The van der Waals surface area contributed by atoms with Gasteiger partial charge in [-0.3, -0.25) is 9.59 Å². The Bertz CT molecular complexity index is 1090. The number of hydrogen-bond acceptors (Lipinski definition) is 7. The van der Waals surface area contributed by atoms with E-state index in [2.05, 4.69) is 20.6 Å². The highest BCUT2D eigenvalue weighted by Gasteiger charge is 2.38. The fraction of sp³-hybridized carbons (Fsp3) is 0.0588. The number of rotatable bonds is 4. The number of aromatic amines is 1. The molecule has 1 aromatic heterocycles. The first-order valence-corrected chi connectivity index (χ1v) is 7.69. The van der Waals surface area contributed by atoms with E-state index in [0.717, 1.165) is 4.90 Å². The molecule has 3 aromatic rings. The topological polar surface area (TPSA) is 138 Å². The van der Waals surface area contributed by atoms with Crippen LogP contribution < -0.4 is 9.64 Å². The average Bonchev–Trinajstić information content (AvgIpc) is 3.29. The van der Waals surface area contributed by atoms with E-state index in [9.17, 15) is 14.4 Å². The average molecular weight is 365 g/mol. The van der Waals surface area contributed by atoms with Gasteiger partial charge in [-0.25, -0.2) is 14.8 Å². The normalized spacial score (nSPS) is 13.0. The van der Waals surface area contributed by atoms with Crippen molar-refractivity contribution < 1.29 is 24.2 Å². The van der Waals surface area contributed by atoms with Gasteiger partial charge in [-0.2, -0.15) is 0 Å². The minimum atomic E-state index is -1.19. The van der Waals surface area contributed by atoms with Crippen LogP contribution in [-0.4, -0.2) is 50.6 Å². The molecule has 0 spiro atoms. The minimum absolute atomic E-state index is 0.0179. The van der Waals surface area contributed by atoms with E-state index in [-0.39, 0.29) is 28.2 Å². The third-order valence-corrected chi connectivity index (χ3v) is 4.18. The summed E-state index contributed by atoms with van der Waals surface area (Å²) in [7, 11) is 1.45. The number of aromatic carboxylic acids is 1. The maximum absolute atomic E-state index is 12.9. The van der Waals surface area contributed by atoms with Gasteiger partial charge in [0.2, 0.25) is 0 Å². The standard InChI is InChI=1S/C17H11N5O5/c1-27-9-3-5-11(14-18-20-21-19-14)13(7-9)22-15(23)10-4-2-8(17(25)26)6-12(10)16(22)24/h2-7H,1H3,(H,25,26)(H,18,19,20,21). The molecule has 2 heterocycles. The van der Waals surface area contributed by atoms with Crippen LogP contribution >= 0.6 is 0 Å². The Morgan fingerprint density at radius 3 is 2.48 bits per heavy atom. The Kier molecular flexibility index (Phi) is 3.65. The zero-order chi connectivity index (χ0) is 19.1. The molecule has 134 valence electrons. The maximum atomic E-state index is 12.9. The highest BCUT2D eigenvalue weighted by Crippen LogP contribution is 2.37. The predicted molar refractivity (Wildman–Crippen MR) is 90.7 cm³/mol. The molecule has 0 saturated carbocycles. The van der Waals surface area contributed by atoms with Crippen molar-refractivity contribution in [2.75, 3.05) is 12.0 Å². The number of tetrazole rings is 1. The molecule has 0 fully saturated rings. The molecular weight excluding hydrogens is 354 g/mol. The summed E-state index contributed by atoms with van der Waals surface area (Å²) in [6.07, 6.45) is 0. The van der Waals surface area contributed by atoms with E-state index < -0.39 is 17.8 Å². The van der Waals surface area contributed by atoms with E-state index in [1.807, 2.05) is 0 Å². The molecule has 2 amide bonds. The van der Waals surface area contributed by atoms with Crippen LogP contribution in [0.2, 0.25) is 0 Å². The number of nitrogens with zero attached hydrogens (tertiary/aromatic N) is 4. The third-order valence-electron chi connectivity index (χ3n) is 4.18. The van der Waals surface area contributed by atoms with Gasteiger partial charge in [0.25, 0.3) is 11.8 Å². The number of carboxylic acids is 1. The summed E-state index contributed by atoms with van der Waals surface area (Å²) in [4.78, 5) is 37.9. The van der Waals surface area contributed by atoms with Crippen LogP contribution in [0.4, 0.5) is 5.69 Å². The number of carbonyl (C=O) groups excluding carboxylic acids is 2.